The van der Waals surface area contributed by atoms with Crippen LogP contribution in [0.1, 0.15) is 57.4 Å². The molecule has 0 heterocycles. The van der Waals surface area contributed by atoms with Crippen molar-refractivity contribution in [1.29, 1.82) is 0 Å². The van der Waals surface area contributed by atoms with Gasteiger partial charge >= 0.3 is 11.9 Å². The predicted octanol–water partition coefficient (Wildman–Crippen LogP) is 0.933. The van der Waals surface area contributed by atoms with Crippen molar-refractivity contribution in [3.05, 3.63) is 29.8 Å². The van der Waals surface area contributed by atoms with Gasteiger partial charge in [-0.1, -0.05) is 57.6 Å². The molecule has 7 N–H and O–H groups in total. The molecule has 0 aliphatic heterocycles. The molecule has 0 fully saturated rings. The average molecular weight is 346 g/mol. The zero-order valence-corrected chi connectivity index (χ0v) is 14.1. The summed E-state index contributed by atoms with van der Waals surface area (Å²) in [5.74, 6) is -7.43. The molecule has 7 heteroatoms. The molecule has 1 aromatic carbocycles. The standard InChI is InChI=1S/C15H24O.C2H6O6/c1-2-3-4-5-6-7-8-9-14-10-12-15(16)13-11-14;3-1(4,5)2(6,7)8/h10-13,16H,2-9H2,1H3;3-8H. The number of unbranched alkanes of at least 4 members (excludes halogenated alkanes) is 6. The van der Waals surface area contributed by atoms with Gasteiger partial charge in [0.2, 0.25) is 0 Å². The first-order chi connectivity index (χ1) is 11.1. The lowest BCUT2D eigenvalue weighted by Crippen LogP contribution is -2.54. The van der Waals surface area contributed by atoms with E-state index in [2.05, 4.69) is 6.92 Å². The molecule has 1 rings (SSSR count). The van der Waals surface area contributed by atoms with Crippen LogP contribution in [0, 0.1) is 0 Å². The van der Waals surface area contributed by atoms with Crippen LogP contribution in [0.2, 0.25) is 0 Å². The maximum Gasteiger partial charge on any atom is 0.362 e. The normalized spacial score (nSPS) is 11.8. The summed E-state index contributed by atoms with van der Waals surface area (Å²) in [4.78, 5) is 0. The Morgan fingerprint density at radius 2 is 1.08 bits per heavy atom. The van der Waals surface area contributed by atoms with Crippen molar-refractivity contribution in [1.82, 2.24) is 0 Å². The Labute approximate surface area is 142 Å². The minimum absolute atomic E-state index is 0.364. The SMILES string of the molecule is CCCCCCCCCc1ccc(O)cc1.OC(O)(O)C(O)(O)O. The van der Waals surface area contributed by atoms with E-state index in [0.717, 1.165) is 6.42 Å². The van der Waals surface area contributed by atoms with Gasteiger partial charge in [0.05, 0.1) is 0 Å². The van der Waals surface area contributed by atoms with Gasteiger partial charge < -0.3 is 35.7 Å². The Kier molecular flexibility index (Phi) is 10.8. The Morgan fingerprint density at radius 3 is 1.50 bits per heavy atom. The highest BCUT2D eigenvalue weighted by atomic mass is 16.8. The molecule has 0 spiro atoms. The molecular weight excluding hydrogens is 316 g/mol. The van der Waals surface area contributed by atoms with Crippen LogP contribution in [0.3, 0.4) is 0 Å². The molecule has 1 aromatic rings. The van der Waals surface area contributed by atoms with E-state index in [1.54, 1.807) is 12.1 Å². The second kappa shape index (κ2) is 11.4. The van der Waals surface area contributed by atoms with E-state index in [1.807, 2.05) is 12.1 Å². The molecule has 7 nitrogen and oxygen atoms in total. The molecule has 0 radical (unpaired) electrons. The Hall–Kier alpha value is -1.22. The lowest BCUT2D eigenvalue weighted by atomic mass is 10.0. The molecule has 0 unspecified atom stereocenters. The number of phenolic OH excluding ortho intramolecular Hbond substituents is 1. The summed E-state index contributed by atoms with van der Waals surface area (Å²) in [6.45, 7) is 2.25. The summed E-state index contributed by atoms with van der Waals surface area (Å²) >= 11 is 0. The summed E-state index contributed by atoms with van der Waals surface area (Å²) in [7, 11) is 0. The second-order valence-corrected chi connectivity index (χ2v) is 5.81. The summed E-state index contributed by atoms with van der Waals surface area (Å²) in [5.41, 5.74) is 1.34. The largest absolute Gasteiger partial charge is 0.508 e. The lowest BCUT2D eigenvalue weighted by Gasteiger charge is -2.23. The number of phenols is 1. The first-order valence-corrected chi connectivity index (χ1v) is 8.20. The van der Waals surface area contributed by atoms with E-state index in [-0.39, 0.29) is 0 Å². The van der Waals surface area contributed by atoms with Gasteiger partial charge in [-0.05, 0) is 30.5 Å². The van der Waals surface area contributed by atoms with E-state index < -0.39 is 11.9 Å². The van der Waals surface area contributed by atoms with E-state index >= 15 is 0 Å². The Bertz CT molecular complexity index is 406. The summed E-state index contributed by atoms with van der Waals surface area (Å²) in [5, 5.41) is 55.4. The van der Waals surface area contributed by atoms with Gasteiger partial charge in [-0.3, -0.25) is 0 Å². The summed E-state index contributed by atoms with van der Waals surface area (Å²) in [6, 6.07) is 7.59. The fraction of sp³-hybridized carbons (Fsp3) is 0.647. The topological polar surface area (TPSA) is 142 Å². The number of aromatic hydroxyl groups is 1. The van der Waals surface area contributed by atoms with Gasteiger partial charge in [0.15, 0.2) is 0 Å². The van der Waals surface area contributed by atoms with Crippen molar-refractivity contribution in [2.45, 2.75) is 70.2 Å². The van der Waals surface area contributed by atoms with Crippen molar-refractivity contribution in [3.63, 3.8) is 0 Å². The van der Waals surface area contributed by atoms with Crippen LogP contribution < -0.4 is 0 Å². The van der Waals surface area contributed by atoms with E-state index in [4.69, 9.17) is 35.7 Å². The number of aryl methyl sites for hydroxylation is 1. The molecule has 0 atom stereocenters. The highest BCUT2D eigenvalue weighted by Crippen LogP contribution is 2.13. The highest BCUT2D eigenvalue weighted by Gasteiger charge is 2.44. The van der Waals surface area contributed by atoms with Crippen molar-refractivity contribution in [2.75, 3.05) is 0 Å². The van der Waals surface area contributed by atoms with Crippen LogP contribution >= 0.6 is 0 Å². The van der Waals surface area contributed by atoms with Gasteiger partial charge in [-0.25, -0.2) is 0 Å². The number of hydrogen-bond donors (Lipinski definition) is 7. The first kappa shape index (κ1) is 22.8. The second-order valence-electron chi connectivity index (χ2n) is 5.81. The Balaban J connectivity index is 0.000000561. The molecule has 0 aromatic heterocycles. The molecule has 0 saturated carbocycles. The third-order valence-corrected chi connectivity index (χ3v) is 3.46. The monoisotopic (exact) mass is 346 g/mol. The van der Waals surface area contributed by atoms with Gasteiger partial charge in [0, 0.05) is 0 Å². The summed E-state index contributed by atoms with van der Waals surface area (Å²) in [6.07, 6.45) is 10.6. The van der Waals surface area contributed by atoms with Gasteiger partial charge in [0.1, 0.15) is 5.75 Å². The molecular formula is C17H30O7. The molecule has 0 aliphatic rings. The quantitative estimate of drug-likeness (QED) is 0.260. The van der Waals surface area contributed by atoms with Crippen molar-refractivity contribution in [3.8, 4) is 5.75 Å². The molecule has 0 aliphatic carbocycles. The minimum atomic E-state index is -3.90. The number of aliphatic hydroxyl groups is 6. The predicted molar refractivity (Wildman–Crippen MR) is 88.6 cm³/mol. The van der Waals surface area contributed by atoms with Crippen LogP contribution in [0.5, 0.6) is 5.75 Å². The number of rotatable bonds is 9. The fourth-order valence-electron chi connectivity index (χ4n) is 1.95. The molecule has 140 valence electrons. The van der Waals surface area contributed by atoms with Gasteiger partial charge in [-0.15, -0.1) is 0 Å². The lowest BCUT2D eigenvalue weighted by molar-refractivity contribution is -0.512. The van der Waals surface area contributed by atoms with Crippen LogP contribution in [0.25, 0.3) is 0 Å². The van der Waals surface area contributed by atoms with E-state index in [9.17, 15) is 0 Å². The van der Waals surface area contributed by atoms with Crippen LogP contribution in [0.15, 0.2) is 24.3 Å². The van der Waals surface area contributed by atoms with E-state index in [1.165, 1.54) is 50.5 Å². The maximum absolute atomic E-state index is 9.15. The molecule has 0 saturated heterocycles. The minimum Gasteiger partial charge on any atom is -0.508 e. The third-order valence-electron chi connectivity index (χ3n) is 3.46. The Morgan fingerprint density at radius 1 is 0.667 bits per heavy atom. The molecule has 0 amide bonds. The number of hydrogen-bond acceptors (Lipinski definition) is 7. The zero-order chi connectivity index (χ0) is 18.6. The third kappa shape index (κ3) is 11.3. The maximum atomic E-state index is 9.15. The summed E-state index contributed by atoms with van der Waals surface area (Å²) < 4.78 is 0. The molecule has 24 heavy (non-hydrogen) atoms. The first-order valence-electron chi connectivity index (χ1n) is 8.20. The van der Waals surface area contributed by atoms with Crippen LogP contribution in [0.4, 0.5) is 0 Å². The zero-order valence-electron chi connectivity index (χ0n) is 14.1. The van der Waals surface area contributed by atoms with Crippen molar-refractivity contribution < 1.29 is 35.7 Å². The average Bonchev–Trinajstić information content (AvgIpc) is 2.47. The van der Waals surface area contributed by atoms with Gasteiger partial charge in [-0.2, -0.15) is 0 Å². The van der Waals surface area contributed by atoms with Crippen molar-refractivity contribution in [2.24, 2.45) is 0 Å². The highest BCUT2D eigenvalue weighted by molar-refractivity contribution is 5.25. The van der Waals surface area contributed by atoms with Crippen LogP contribution in [-0.2, 0) is 6.42 Å². The van der Waals surface area contributed by atoms with Gasteiger partial charge in [0.25, 0.3) is 0 Å². The van der Waals surface area contributed by atoms with E-state index in [0.29, 0.717) is 5.75 Å². The number of benzene rings is 1. The van der Waals surface area contributed by atoms with Crippen LogP contribution in [-0.4, -0.2) is 47.7 Å². The smallest absolute Gasteiger partial charge is 0.362 e. The fourth-order valence-corrected chi connectivity index (χ4v) is 1.95. The van der Waals surface area contributed by atoms with Crippen molar-refractivity contribution >= 4 is 0 Å². The molecule has 0 bridgehead atoms.